The van der Waals surface area contributed by atoms with Crippen molar-refractivity contribution in [1.82, 2.24) is 5.32 Å². The molecule has 4 nitrogen and oxygen atoms in total. The minimum Gasteiger partial charge on any atom is -0.355 e. The highest BCUT2D eigenvalue weighted by Gasteiger charge is 2.28. The molecule has 1 aromatic rings. The molecule has 0 saturated heterocycles. The molecule has 23 heavy (non-hydrogen) atoms. The first kappa shape index (κ1) is 19.7. The van der Waals surface area contributed by atoms with Crippen LogP contribution in [0.5, 0.6) is 0 Å². The maximum atomic E-state index is 12.1. The van der Waals surface area contributed by atoms with Crippen LogP contribution < -0.4 is 11.1 Å². The van der Waals surface area contributed by atoms with Gasteiger partial charge in [0.1, 0.15) is 0 Å². The smallest absolute Gasteiger partial charge is 0.220 e. The Bertz CT molecular complexity index is 512. The van der Waals surface area contributed by atoms with E-state index in [0.29, 0.717) is 18.0 Å². The number of nitrogens with one attached hydrogen (secondary N) is 1. The van der Waals surface area contributed by atoms with E-state index in [1.807, 2.05) is 24.3 Å². The van der Waals surface area contributed by atoms with Crippen molar-refractivity contribution in [3.05, 3.63) is 35.4 Å². The largest absolute Gasteiger partial charge is 0.355 e. The van der Waals surface area contributed by atoms with Gasteiger partial charge < -0.3 is 11.1 Å². The molecule has 1 saturated carbocycles. The van der Waals surface area contributed by atoms with Gasteiger partial charge in [-0.15, -0.1) is 12.4 Å². The number of aryl methyl sites for hydroxylation is 1. The summed E-state index contributed by atoms with van der Waals surface area (Å²) in [6.07, 6.45) is 4.94. The lowest BCUT2D eigenvalue weighted by Crippen LogP contribution is -2.38. The first-order valence-corrected chi connectivity index (χ1v) is 8.24. The van der Waals surface area contributed by atoms with Crippen molar-refractivity contribution >= 4 is 24.1 Å². The van der Waals surface area contributed by atoms with Gasteiger partial charge in [0, 0.05) is 31.0 Å². The summed E-state index contributed by atoms with van der Waals surface area (Å²) in [4.78, 5) is 23.8. The van der Waals surface area contributed by atoms with Crippen molar-refractivity contribution in [3.63, 3.8) is 0 Å². The molecule has 1 aliphatic carbocycles. The van der Waals surface area contributed by atoms with E-state index in [1.165, 1.54) is 18.4 Å². The second-order valence-electron chi connectivity index (χ2n) is 6.18. The molecule has 1 fully saturated rings. The van der Waals surface area contributed by atoms with Crippen molar-refractivity contribution in [2.24, 2.45) is 11.7 Å². The first-order valence-electron chi connectivity index (χ1n) is 8.24. The molecular formula is C18H27ClN2O2. The van der Waals surface area contributed by atoms with Crippen LogP contribution in [0.25, 0.3) is 0 Å². The third kappa shape index (κ3) is 6.71. The number of hydrogen-bond donors (Lipinski definition) is 2. The molecule has 0 heterocycles. The minimum atomic E-state index is -0.0907. The standard InChI is InChI=1S/C18H26N2O2.ClH/c1-2-3-13-4-6-15(7-5-13)17(21)10-11-18(22)20-12-16(19)14-8-9-14;/h4-7,14,16H,2-3,8-12,19H2,1H3,(H,20,22);1H. The molecule has 1 aliphatic rings. The second kappa shape index (κ2) is 9.68. The SMILES string of the molecule is CCCc1ccc(C(=O)CCC(=O)NCC(N)C2CC2)cc1.Cl. The van der Waals surface area contributed by atoms with E-state index >= 15 is 0 Å². The molecule has 0 spiro atoms. The third-order valence-electron chi connectivity index (χ3n) is 4.16. The molecule has 1 amide bonds. The van der Waals surface area contributed by atoms with Crippen LogP contribution in [-0.4, -0.2) is 24.3 Å². The van der Waals surface area contributed by atoms with Gasteiger partial charge in [0.05, 0.1) is 0 Å². The minimum absolute atomic E-state index is 0. The summed E-state index contributed by atoms with van der Waals surface area (Å²) in [5, 5.41) is 2.82. The topological polar surface area (TPSA) is 72.2 Å². The van der Waals surface area contributed by atoms with E-state index in [4.69, 9.17) is 5.73 Å². The quantitative estimate of drug-likeness (QED) is 0.680. The van der Waals surface area contributed by atoms with Gasteiger partial charge in [-0.05, 0) is 30.7 Å². The normalized spacial score (nSPS) is 14.7. The Labute approximate surface area is 144 Å². The Morgan fingerprint density at radius 3 is 2.43 bits per heavy atom. The summed E-state index contributed by atoms with van der Waals surface area (Å²) in [7, 11) is 0. The van der Waals surface area contributed by atoms with Gasteiger partial charge in [0.15, 0.2) is 5.78 Å². The van der Waals surface area contributed by atoms with Crippen molar-refractivity contribution in [1.29, 1.82) is 0 Å². The number of ketones is 1. The van der Waals surface area contributed by atoms with E-state index in [9.17, 15) is 9.59 Å². The lowest BCUT2D eigenvalue weighted by atomic mass is 10.0. The Kier molecular flexibility index (Phi) is 8.28. The van der Waals surface area contributed by atoms with Crippen molar-refractivity contribution in [2.45, 2.75) is 51.5 Å². The highest BCUT2D eigenvalue weighted by molar-refractivity contribution is 5.97. The Balaban J connectivity index is 0.00000264. The number of rotatable bonds is 9. The number of carbonyl (C=O) groups excluding carboxylic acids is 2. The summed E-state index contributed by atoms with van der Waals surface area (Å²) in [5.74, 6) is 0.500. The molecule has 1 aromatic carbocycles. The molecular weight excluding hydrogens is 312 g/mol. The number of hydrogen-bond acceptors (Lipinski definition) is 3. The molecule has 5 heteroatoms. The molecule has 0 aromatic heterocycles. The average molecular weight is 339 g/mol. The van der Waals surface area contributed by atoms with E-state index in [-0.39, 0.29) is 43.0 Å². The van der Waals surface area contributed by atoms with Gasteiger partial charge >= 0.3 is 0 Å². The monoisotopic (exact) mass is 338 g/mol. The predicted octanol–water partition coefficient (Wildman–Crippen LogP) is 2.88. The summed E-state index contributed by atoms with van der Waals surface area (Å²) in [6, 6.07) is 7.75. The summed E-state index contributed by atoms with van der Waals surface area (Å²) < 4.78 is 0. The number of Topliss-reactive ketones (excluding diaryl/α,β-unsaturated/α-hetero) is 1. The van der Waals surface area contributed by atoms with Crippen molar-refractivity contribution in [3.8, 4) is 0 Å². The van der Waals surface area contributed by atoms with E-state index < -0.39 is 0 Å². The van der Waals surface area contributed by atoms with Crippen LogP contribution in [0.1, 0.15) is 54.9 Å². The summed E-state index contributed by atoms with van der Waals surface area (Å²) >= 11 is 0. The van der Waals surface area contributed by atoms with Gasteiger partial charge in [-0.25, -0.2) is 0 Å². The van der Waals surface area contributed by atoms with E-state index in [0.717, 1.165) is 12.8 Å². The van der Waals surface area contributed by atoms with E-state index in [2.05, 4.69) is 12.2 Å². The van der Waals surface area contributed by atoms with Crippen LogP contribution in [0.2, 0.25) is 0 Å². The van der Waals surface area contributed by atoms with Crippen LogP contribution in [0.15, 0.2) is 24.3 Å². The number of nitrogens with two attached hydrogens (primary N) is 1. The predicted molar refractivity (Wildman–Crippen MR) is 95.0 cm³/mol. The first-order chi connectivity index (χ1) is 10.6. The molecule has 0 radical (unpaired) electrons. The lowest BCUT2D eigenvalue weighted by Gasteiger charge is -2.11. The van der Waals surface area contributed by atoms with Gasteiger partial charge in [0.25, 0.3) is 0 Å². The maximum Gasteiger partial charge on any atom is 0.220 e. The molecule has 3 N–H and O–H groups in total. The highest BCUT2D eigenvalue weighted by atomic mass is 35.5. The van der Waals surface area contributed by atoms with Crippen LogP contribution >= 0.6 is 12.4 Å². The van der Waals surface area contributed by atoms with Gasteiger partial charge in [-0.3, -0.25) is 9.59 Å². The summed E-state index contributed by atoms with van der Waals surface area (Å²) in [5.41, 5.74) is 7.86. The molecule has 128 valence electrons. The molecule has 2 rings (SSSR count). The van der Waals surface area contributed by atoms with Crippen molar-refractivity contribution in [2.75, 3.05) is 6.54 Å². The Morgan fingerprint density at radius 1 is 1.22 bits per heavy atom. The summed E-state index contributed by atoms with van der Waals surface area (Å²) in [6.45, 7) is 2.65. The van der Waals surface area contributed by atoms with Crippen molar-refractivity contribution < 1.29 is 9.59 Å². The van der Waals surface area contributed by atoms with Crippen LogP contribution in [-0.2, 0) is 11.2 Å². The maximum absolute atomic E-state index is 12.1. The number of benzene rings is 1. The fourth-order valence-electron chi connectivity index (χ4n) is 2.53. The van der Waals surface area contributed by atoms with Crippen LogP contribution in [0, 0.1) is 5.92 Å². The fourth-order valence-corrected chi connectivity index (χ4v) is 2.53. The van der Waals surface area contributed by atoms with Gasteiger partial charge in [-0.2, -0.15) is 0 Å². The van der Waals surface area contributed by atoms with Gasteiger partial charge in [-0.1, -0.05) is 37.6 Å². The Hall–Kier alpha value is -1.39. The lowest BCUT2D eigenvalue weighted by molar-refractivity contribution is -0.121. The highest BCUT2D eigenvalue weighted by Crippen LogP contribution is 2.31. The van der Waals surface area contributed by atoms with Crippen LogP contribution in [0.4, 0.5) is 0 Å². The zero-order valence-corrected chi connectivity index (χ0v) is 14.5. The Morgan fingerprint density at radius 2 is 1.87 bits per heavy atom. The van der Waals surface area contributed by atoms with Gasteiger partial charge in [0.2, 0.25) is 5.91 Å². The molecule has 0 bridgehead atoms. The van der Waals surface area contributed by atoms with Crippen LogP contribution in [0.3, 0.4) is 0 Å². The number of halogens is 1. The molecule has 1 unspecified atom stereocenters. The third-order valence-corrected chi connectivity index (χ3v) is 4.16. The number of amides is 1. The van der Waals surface area contributed by atoms with E-state index in [1.54, 1.807) is 0 Å². The molecule has 1 atom stereocenters. The molecule has 0 aliphatic heterocycles. The zero-order chi connectivity index (χ0) is 15.9. The fraction of sp³-hybridized carbons (Fsp3) is 0.556. The average Bonchev–Trinajstić information content (AvgIpc) is 3.36. The second-order valence-corrected chi connectivity index (χ2v) is 6.18. The zero-order valence-electron chi connectivity index (χ0n) is 13.7. The number of carbonyl (C=O) groups is 2.